The first-order valence-corrected chi connectivity index (χ1v) is 5.71. The summed E-state index contributed by atoms with van der Waals surface area (Å²) in [7, 11) is 0. The SMILES string of the molecule is CC(CNC(C)(C)C)Cc1cncc(F)c1. The first-order chi connectivity index (χ1) is 7.37. The summed E-state index contributed by atoms with van der Waals surface area (Å²) in [5, 5.41) is 3.44. The lowest BCUT2D eigenvalue weighted by Crippen LogP contribution is -2.39. The fourth-order valence-corrected chi connectivity index (χ4v) is 1.52. The Balaban J connectivity index is 2.43. The second-order valence-corrected chi connectivity index (χ2v) is 5.45. The number of hydrogen-bond acceptors (Lipinski definition) is 2. The van der Waals surface area contributed by atoms with Crippen LogP contribution in [0.25, 0.3) is 0 Å². The van der Waals surface area contributed by atoms with E-state index in [0.29, 0.717) is 5.92 Å². The lowest BCUT2D eigenvalue weighted by Gasteiger charge is -2.23. The zero-order valence-electron chi connectivity index (χ0n) is 10.5. The highest BCUT2D eigenvalue weighted by atomic mass is 19.1. The van der Waals surface area contributed by atoms with Crippen molar-refractivity contribution in [3.05, 3.63) is 29.8 Å². The van der Waals surface area contributed by atoms with Crippen LogP contribution in [0.15, 0.2) is 18.5 Å². The van der Waals surface area contributed by atoms with E-state index in [2.05, 4.69) is 38.0 Å². The molecule has 1 rings (SSSR count). The molecule has 0 fully saturated rings. The standard InChI is InChI=1S/C13H21FN2/c1-10(7-16-13(2,3)4)5-11-6-12(14)9-15-8-11/h6,8-10,16H,5,7H2,1-4H3. The van der Waals surface area contributed by atoms with Crippen LogP contribution >= 0.6 is 0 Å². The first kappa shape index (κ1) is 13.1. The highest BCUT2D eigenvalue weighted by molar-refractivity contribution is 5.10. The summed E-state index contributed by atoms with van der Waals surface area (Å²) in [6.45, 7) is 9.51. The van der Waals surface area contributed by atoms with Crippen molar-refractivity contribution < 1.29 is 4.39 Å². The Morgan fingerprint density at radius 3 is 2.62 bits per heavy atom. The normalized spacial score (nSPS) is 13.8. The maximum absolute atomic E-state index is 12.9. The van der Waals surface area contributed by atoms with E-state index in [-0.39, 0.29) is 11.4 Å². The molecule has 0 amide bonds. The zero-order chi connectivity index (χ0) is 12.2. The predicted molar refractivity (Wildman–Crippen MR) is 64.8 cm³/mol. The number of hydrogen-bond donors (Lipinski definition) is 1. The quantitative estimate of drug-likeness (QED) is 0.850. The van der Waals surface area contributed by atoms with Crippen LogP contribution in [0.4, 0.5) is 4.39 Å². The van der Waals surface area contributed by atoms with E-state index in [1.165, 1.54) is 6.20 Å². The van der Waals surface area contributed by atoms with Crippen molar-refractivity contribution in [2.75, 3.05) is 6.54 Å². The Hall–Kier alpha value is -0.960. The van der Waals surface area contributed by atoms with Gasteiger partial charge in [0.1, 0.15) is 5.82 Å². The van der Waals surface area contributed by atoms with Crippen LogP contribution < -0.4 is 5.32 Å². The predicted octanol–water partition coefficient (Wildman–Crippen LogP) is 2.79. The van der Waals surface area contributed by atoms with Gasteiger partial charge in [-0.05, 0) is 51.3 Å². The van der Waals surface area contributed by atoms with E-state index in [0.717, 1.165) is 18.5 Å². The number of pyridine rings is 1. The molecule has 0 aliphatic heterocycles. The van der Waals surface area contributed by atoms with Gasteiger partial charge in [0.05, 0.1) is 6.20 Å². The van der Waals surface area contributed by atoms with Gasteiger partial charge in [-0.1, -0.05) is 6.92 Å². The average Bonchev–Trinajstić information content (AvgIpc) is 2.14. The Bertz CT molecular complexity index is 331. The van der Waals surface area contributed by atoms with Crippen molar-refractivity contribution in [3.8, 4) is 0 Å². The molecule has 0 saturated carbocycles. The van der Waals surface area contributed by atoms with Crippen LogP contribution in [0.5, 0.6) is 0 Å². The third-order valence-electron chi connectivity index (χ3n) is 2.33. The maximum atomic E-state index is 12.9. The Labute approximate surface area is 97.3 Å². The Kier molecular flexibility index (Phi) is 4.42. The molecule has 1 aromatic rings. The largest absolute Gasteiger partial charge is 0.312 e. The summed E-state index contributed by atoms with van der Waals surface area (Å²) in [6, 6.07) is 1.56. The third-order valence-corrected chi connectivity index (χ3v) is 2.33. The molecule has 0 bridgehead atoms. The van der Waals surface area contributed by atoms with E-state index in [1.807, 2.05) is 0 Å². The Morgan fingerprint density at radius 2 is 2.06 bits per heavy atom. The molecule has 3 heteroatoms. The molecule has 0 aliphatic rings. The highest BCUT2D eigenvalue weighted by Gasteiger charge is 2.11. The second-order valence-electron chi connectivity index (χ2n) is 5.45. The summed E-state index contributed by atoms with van der Waals surface area (Å²) in [5.41, 5.74) is 1.09. The smallest absolute Gasteiger partial charge is 0.141 e. The van der Waals surface area contributed by atoms with Gasteiger partial charge in [0.15, 0.2) is 0 Å². The molecule has 1 N–H and O–H groups in total. The van der Waals surface area contributed by atoms with E-state index in [1.54, 1.807) is 12.3 Å². The van der Waals surface area contributed by atoms with Crippen molar-refractivity contribution >= 4 is 0 Å². The molecule has 0 aliphatic carbocycles. The number of halogens is 1. The van der Waals surface area contributed by atoms with Crippen LogP contribution in [0, 0.1) is 11.7 Å². The third kappa shape index (κ3) is 5.21. The van der Waals surface area contributed by atoms with Crippen LogP contribution in [-0.4, -0.2) is 17.1 Å². The molecule has 1 unspecified atom stereocenters. The van der Waals surface area contributed by atoms with Gasteiger partial charge in [-0.25, -0.2) is 4.39 Å². The number of aromatic nitrogens is 1. The fourth-order valence-electron chi connectivity index (χ4n) is 1.52. The van der Waals surface area contributed by atoms with Crippen molar-refractivity contribution in [1.29, 1.82) is 0 Å². The molecule has 1 aromatic heterocycles. The first-order valence-electron chi connectivity index (χ1n) is 5.71. The van der Waals surface area contributed by atoms with Gasteiger partial charge >= 0.3 is 0 Å². The van der Waals surface area contributed by atoms with E-state index >= 15 is 0 Å². The maximum Gasteiger partial charge on any atom is 0.141 e. The summed E-state index contributed by atoms with van der Waals surface area (Å²) in [4.78, 5) is 3.85. The van der Waals surface area contributed by atoms with Gasteiger partial charge < -0.3 is 5.32 Å². The van der Waals surface area contributed by atoms with Gasteiger partial charge in [0.25, 0.3) is 0 Å². The van der Waals surface area contributed by atoms with Crippen molar-refractivity contribution in [3.63, 3.8) is 0 Å². The molecule has 90 valence electrons. The number of rotatable bonds is 4. The summed E-state index contributed by atoms with van der Waals surface area (Å²) in [5.74, 6) is 0.219. The summed E-state index contributed by atoms with van der Waals surface area (Å²) in [6.07, 6.45) is 3.83. The minimum Gasteiger partial charge on any atom is -0.312 e. The van der Waals surface area contributed by atoms with Crippen molar-refractivity contribution in [1.82, 2.24) is 10.3 Å². The minimum atomic E-state index is -0.256. The summed E-state index contributed by atoms with van der Waals surface area (Å²) >= 11 is 0. The molecular formula is C13H21FN2. The monoisotopic (exact) mass is 224 g/mol. The van der Waals surface area contributed by atoms with Crippen molar-refractivity contribution in [2.24, 2.45) is 5.92 Å². The van der Waals surface area contributed by atoms with E-state index in [4.69, 9.17) is 0 Å². The zero-order valence-corrected chi connectivity index (χ0v) is 10.5. The number of nitrogens with zero attached hydrogens (tertiary/aromatic N) is 1. The fraction of sp³-hybridized carbons (Fsp3) is 0.615. The molecule has 0 saturated heterocycles. The van der Waals surface area contributed by atoms with Crippen LogP contribution in [0.2, 0.25) is 0 Å². The second kappa shape index (κ2) is 5.39. The Morgan fingerprint density at radius 1 is 1.38 bits per heavy atom. The van der Waals surface area contributed by atoms with Gasteiger partial charge in [-0.15, -0.1) is 0 Å². The van der Waals surface area contributed by atoms with Crippen LogP contribution in [0.3, 0.4) is 0 Å². The summed E-state index contributed by atoms with van der Waals surface area (Å²) < 4.78 is 12.9. The van der Waals surface area contributed by atoms with Gasteiger partial charge in [-0.2, -0.15) is 0 Å². The molecule has 0 aromatic carbocycles. The molecule has 0 radical (unpaired) electrons. The lowest BCUT2D eigenvalue weighted by molar-refractivity contribution is 0.381. The van der Waals surface area contributed by atoms with Crippen LogP contribution in [-0.2, 0) is 6.42 Å². The number of nitrogens with one attached hydrogen (secondary N) is 1. The van der Waals surface area contributed by atoms with Gasteiger partial charge in [-0.3, -0.25) is 4.98 Å². The lowest BCUT2D eigenvalue weighted by atomic mass is 10.0. The van der Waals surface area contributed by atoms with Gasteiger partial charge in [0.2, 0.25) is 0 Å². The van der Waals surface area contributed by atoms with E-state index in [9.17, 15) is 4.39 Å². The van der Waals surface area contributed by atoms with Gasteiger partial charge in [0, 0.05) is 11.7 Å². The van der Waals surface area contributed by atoms with E-state index < -0.39 is 0 Å². The topological polar surface area (TPSA) is 24.9 Å². The molecular weight excluding hydrogens is 203 g/mol. The van der Waals surface area contributed by atoms with Crippen LogP contribution in [0.1, 0.15) is 33.3 Å². The minimum absolute atomic E-state index is 0.133. The highest BCUT2D eigenvalue weighted by Crippen LogP contribution is 2.09. The van der Waals surface area contributed by atoms with Crippen molar-refractivity contribution in [2.45, 2.75) is 39.7 Å². The average molecular weight is 224 g/mol. The molecule has 1 atom stereocenters. The molecule has 1 heterocycles. The molecule has 16 heavy (non-hydrogen) atoms. The molecule has 0 spiro atoms. The molecule has 2 nitrogen and oxygen atoms in total.